The van der Waals surface area contributed by atoms with Crippen LogP contribution in [0.1, 0.15) is 55.2 Å². The van der Waals surface area contributed by atoms with E-state index >= 15 is 0 Å². The summed E-state index contributed by atoms with van der Waals surface area (Å²) in [7, 11) is 0. The van der Waals surface area contributed by atoms with Crippen molar-refractivity contribution in [1.82, 2.24) is 15.6 Å². The molecule has 0 saturated carbocycles. The summed E-state index contributed by atoms with van der Waals surface area (Å²) in [6, 6.07) is 14.4. The lowest BCUT2D eigenvalue weighted by atomic mass is 9.69. The maximum Gasteiger partial charge on any atom is 0.251 e. The highest BCUT2D eigenvalue weighted by atomic mass is 16.2. The number of hydrogen-bond acceptors (Lipinski definition) is 4. The van der Waals surface area contributed by atoms with Crippen LogP contribution in [0.2, 0.25) is 0 Å². The molecule has 1 aliphatic carbocycles. The Morgan fingerprint density at radius 3 is 2.55 bits per heavy atom. The first-order valence-electron chi connectivity index (χ1n) is 11.5. The van der Waals surface area contributed by atoms with Crippen molar-refractivity contribution in [3.05, 3.63) is 77.1 Å². The van der Waals surface area contributed by atoms with E-state index in [0.29, 0.717) is 42.5 Å². The van der Waals surface area contributed by atoms with Crippen LogP contribution in [0.3, 0.4) is 0 Å². The average molecular weight is 445 g/mol. The Kier molecular flexibility index (Phi) is 8.37. The van der Waals surface area contributed by atoms with Crippen LogP contribution in [0.4, 0.5) is 0 Å². The van der Waals surface area contributed by atoms with Gasteiger partial charge in [-0.25, -0.2) is 0 Å². The minimum atomic E-state index is -0.135. The molecule has 0 radical (unpaired) electrons. The fraction of sp³-hybridized carbons (Fsp3) is 0.407. The second-order valence-electron chi connectivity index (χ2n) is 9.12. The van der Waals surface area contributed by atoms with E-state index in [4.69, 9.17) is 5.26 Å². The SMILES string of the molecule is CC1=C[C@@H](CNC(=O)c2ccc(C#N)cc2)[C@H](C(C)C)C[C@H]1CC(=O)NCc1ccccn1. The van der Waals surface area contributed by atoms with Crippen molar-refractivity contribution in [3.8, 4) is 6.07 Å². The van der Waals surface area contributed by atoms with E-state index in [-0.39, 0.29) is 23.7 Å². The number of aromatic nitrogens is 1. The molecule has 33 heavy (non-hydrogen) atoms. The highest BCUT2D eigenvalue weighted by Crippen LogP contribution is 2.38. The Bertz CT molecular complexity index is 1020. The first-order valence-corrected chi connectivity index (χ1v) is 11.5. The Labute approximate surface area is 196 Å². The third-order valence-corrected chi connectivity index (χ3v) is 6.48. The Morgan fingerprint density at radius 2 is 1.91 bits per heavy atom. The van der Waals surface area contributed by atoms with E-state index in [0.717, 1.165) is 12.1 Å². The quantitative estimate of drug-likeness (QED) is 0.595. The molecule has 1 aliphatic rings. The number of allylic oxidation sites excluding steroid dienone is 1. The van der Waals surface area contributed by atoms with E-state index in [2.05, 4.69) is 48.5 Å². The van der Waals surface area contributed by atoms with Crippen LogP contribution < -0.4 is 10.6 Å². The van der Waals surface area contributed by atoms with Crippen molar-refractivity contribution in [2.75, 3.05) is 6.54 Å². The van der Waals surface area contributed by atoms with Gasteiger partial charge in [0.1, 0.15) is 0 Å². The van der Waals surface area contributed by atoms with Gasteiger partial charge in [-0.2, -0.15) is 5.26 Å². The first kappa shape index (κ1) is 24.2. The largest absolute Gasteiger partial charge is 0.351 e. The van der Waals surface area contributed by atoms with E-state index in [1.165, 1.54) is 5.57 Å². The van der Waals surface area contributed by atoms with Crippen LogP contribution in [-0.2, 0) is 11.3 Å². The predicted molar refractivity (Wildman–Crippen MR) is 128 cm³/mol. The van der Waals surface area contributed by atoms with E-state index in [1.807, 2.05) is 18.2 Å². The summed E-state index contributed by atoms with van der Waals surface area (Å²) in [5.41, 5.74) is 3.14. The number of nitrogens with zero attached hydrogens (tertiary/aromatic N) is 2. The van der Waals surface area contributed by atoms with Gasteiger partial charge in [0.05, 0.1) is 23.9 Å². The summed E-state index contributed by atoms with van der Waals surface area (Å²) in [6.07, 6.45) is 5.35. The van der Waals surface area contributed by atoms with Gasteiger partial charge in [0.15, 0.2) is 0 Å². The number of carbonyl (C=O) groups excluding carboxylic acids is 2. The van der Waals surface area contributed by atoms with Crippen molar-refractivity contribution >= 4 is 11.8 Å². The molecule has 6 nitrogen and oxygen atoms in total. The van der Waals surface area contributed by atoms with Gasteiger partial charge in [-0.3, -0.25) is 14.6 Å². The lowest BCUT2D eigenvalue weighted by molar-refractivity contribution is -0.122. The first-order chi connectivity index (χ1) is 15.9. The molecule has 2 amide bonds. The van der Waals surface area contributed by atoms with Gasteiger partial charge in [-0.15, -0.1) is 0 Å². The number of benzene rings is 1. The molecule has 2 N–H and O–H groups in total. The molecule has 0 bridgehead atoms. The molecule has 1 aromatic heterocycles. The average Bonchev–Trinajstić information content (AvgIpc) is 2.83. The van der Waals surface area contributed by atoms with E-state index < -0.39 is 0 Å². The highest BCUT2D eigenvalue weighted by molar-refractivity contribution is 5.94. The fourth-order valence-corrected chi connectivity index (χ4v) is 4.50. The molecule has 3 atom stereocenters. The number of carbonyl (C=O) groups is 2. The lowest BCUT2D eigenvalue weighted by Crippen LogP contribution is -2.37. The molecule has 1 heterocycles. The standard InChI is InChI=1S/C27H32N4O2/c1-18(2)25-13-22(14-26(32)30-17-24-6-4-5-11-29-24)19(3)12-23(25)16-31-27(33)21-9-7-20(15-28)8-10-21/h4-12,18,22-23,25H,13-14,16-17H2,1-3H3,(H,30,32)(H,31,33)/t22-,23-,25-/m0/s1. The zero-order valence-electron chi connectivity index (χ0n) is 19.5. The summed E-state index contributed by atoms with van der Waals surface area (Å²) in [5, 5.41) is 15.0. The number of nitriles is 1. The zero-order valence-corrected chi connectivity index (χ0v) is 19.5. The molecular formula is C27H32N4O2. The van der Waals surface area contributed by atoms with Crippen LogP contribution in [0.5, 0.6) is 0 Å². The lowest BCUT2D eigenvalue weighted by Gasteiger charge is -2.37. The maximum absolute atomic E-state index is 12.6. The molecule has 0 aliphatic heterocycles. The van der Waals surface area contributed by atoms with Crippen LogP contribution in [0.25, 0.3) is 0 Å². The number of rotatable bonds is 8. The minimum absolute atomic E-state index is 0.0356. The molecule has 2 aromatic rings. The monoisotopic (exact) mass is 444 g/mol. The molecule has 0 unspecified atom stereocenters. The Hall–Kier alpha value is -3.46. The topological polar surface area (TPSA) is 94.9 Å². The molecule has 1 aromatic carbocycles. The van der Waals surface area contributed by atoms with Crippen molar-refractivity contribution in [1.29, 1.82) is 5.26 Å². The molecule has 6 heteroatoms. The summed E-state index contributed by atoms with van der Waals surface area (Å²) < 4.78 is 0. The third kappa shape index (κ3) is 6.76. The van der Waals surface area contributed by atoms with Crippen molar-refractivity contribution in [3.63, 3.8) is 0 Å². The number of nitrogens with one attached hydrogen (secondary N) is 2. The molecule has 0 fully saturated rings. The molecule has 0 saturated heterocycles. The molecule has 172 valence electrons. The van der Waals surface area contributed by atoms with Gasteiger partial charge in [-0.1, -0.05) is 31.6 Å². The van der Waals surface area contributed by atoms with Crippen molar-refractivity contribution < 1.29 is 9.59 Å². The smallest absolute Gasteiger partial charge is 0.251 e. The number of amides is 2. The van der Waals surface area contributed by atoms with Crippen LogP contribution in [-0.4, -0.2) is 23.3 Å². The minimum Gasteiger partial charge on any atom is -0.351 e. The van der Waals surface area contributed by atoms with Gasteiger partial charge in [0, 0.05) is 24.7 Å². The van der Waals surface area contributed by atoms with Gasteiger partial charge < -0.3 is 10.6 Å². The summed E-state index contributed by atoms with van der Waals surface area (Å²) in [6.45, 7) is 7.48. The second kappa shape index (κ2) is 11.4. The van der Waals surface area contributed by atoms with Gasteiger partial charge in [0.2, 0.25) is 5.91 Å². The number of hydrogen-bond donors (Lipinski definition) is 2. The maximum atomic E-state index is 12.6. The van der Waals surface area contributed by atoms with Crippen LogP contribution in [0.15, 0.2) is 60.3 Å². The molecular weight excluding hydrogens is 412 g/mol. The third-order valence-electron chi connectivity index (χ3n) is 6.48. The predicted octanol–water partition coefficient (Wildman–Crippen LogP) is 4.24. The van der Waals surface area contributed by atoms with E-state index in [1.54, 1.807) is 30.5 Å². The van der Waals surface area contributed by atoms with Gasteiger partial charge in [-0.05, 0) is 73.4 Å². The number of pyridine rings is 1. The van der Waals surface area contributed by atoms with Gasteiger partial charge >= 0.3 is 0 Å². The second-order valence-corrected chi connectivity index (χ2v) is 9.12. The molecule has 0 spiro atoms. The van der Waals surface area contributed by atoms with E-state index in [9.17, 15) is 9.59 Å². The highest BCUT2D eigenvalue weighted by Gasteiger charge is 2.32. The summed E-state index contributed by atoms with van der Waals surface area (Å²) in [5.74, 6) is 1.14. The Morgan fingerprint density at radius 1 is 1.15 bits per heavy atom. The normalized spacial score (nSPS) is 20.0. The van der Waals surface area contributed by atoms with Crippen LogP contribution in [0, 0.1) is 35.0 Å². The zero-order chi connectivity index (χ0) is 23.8. The van der Waals surface area contributed by atoms with Crippen molar-refractivity contribution in [2.45, 2.75) is 40.2 Å². The Balaban J connectivity index is 1.58. The summed E-state index contributed by atoms with van der Waals surface area (Å²) >= 11 is 0. The summed E-state index contributed by atoms with van der Waals surface area (Å²) in [4.78, 5) is 29.4. The van der Waals surface area contributed by atoms with Crippen molar-refractivity contribution in [2.24, 2.45) is 23.7 Å². The fourth-order valence-electron chi connectivity index (χ4n) is 4.50. The van der Waals surface area contributed by atoms with Gasteiger partial charge in [0.25, 0.3) is 5.91 Å². The molecule has 3 rings (SSSR count). The van der Waals surface area contributed by atoms with Crippen LogP contribution >= 0.6 is 0 Å².